The number of carbonyl (C=O) groups excluding carboxylic acids is 2. The van der Waals surface area contributed by atoms with Gasteiger partial charge in [-0.1, -0.05) is 0 Å². The van der Waals surface area contributed by atoms with Crippen molar-refractivity contribution >= 4 is 33.5 Å². The van der Waals surface area contributed by atoms with Gasteiger partial charge in [0.2, 0.25) is 5.88 Å². The van der Waals surface area contributed by atoms with Crippen LogP contribution in [0, 0.1) is 0 Å². The van der Waals surface area contributed by atoms with Gasteiger partial charge in [-0.15, -0.1) is 11.3 Å². The Balaban J connectivity index is 1.90. The Labute approximate surface area is 125 Å². The minimum absolute atomic E-state index is 0.292. The predicted octanol–water partition coefficient (Wildman–Crippen LogP) is 1.69. The molecule has 21 heavy (non-hydrogen) atoms. The van der Waals surface area contributed by atoms with Gasteiger partial charge in [-0.2, -0.15) is 0 Å². The maximum Gasteiger partial charge on any atom is 0.321 e. The highest BCUT2D eigenvalue weighted by Crippen LogP contribution is 2.25. The summed E-state index contributed by atoms with van der Waals surface area (Å²) in [6.07, 6.45) is 1.37. The topological polar surface area (TPSA) is 93.2 Å². The lowest BCUT2D eigenvalue weighted by Crippen LogP contribution is -2.49. The summed E-state index contributed by atoms with van der Waals surface area (Å²) in [4.78, 5) is 32.0. The van der Waals surface area contributed by atoms with Crippen molar-refractivity contribution in [2.24, 2.45) is 0 Å². The number of hydrogen-bond donors (Lipinski definition) is 2. The number of ether oxygens (including phenoxy) is 1. The number of nitrogens with zero attached hydrogens (tertiary/aromatic N) is 2. The molecule has 3 amide bonds. The number of nitrogens with one attached hydrogen (secondary N) is 2. The standard InChI is InChI=1S/C13H16N4O3S/c1-13(2,3)17-12(19)16-9(18)6-20-10-8-4-5-21-11(8)15-7-14-10/h4-5,7H,6H2,1-3H3,(H2,16,17,18,19). The molecule has 0 saturated heterocycles. The number of amides is 3. The minimum Gasteiger partial charge on any atom is -0.467 e. The van der Waals surface area contributed by atoms with Crippen molar-refractivity contribution in [1.29, 1.82) is 0 Å². The van der Waals surface area contributed by atoms with Gasteiger partial charge in [0, 0.05) is 5.54 Å². The summed E-state index contributed by atoms with van der Waals surface area (Å²) in [7, 11) is 0. The molecule has 0 aliphatic rings. The Hall–Kier alpha value is -2.22. The lowest BCUT2D eigenvalue weighted by atomic mass is 10.1. The van der Waals surface area contributed by atoms with E-state index < -0.39 is 17.5 Å². The highest BCUT2D eigenvalue weighted by atomic mass is 32.1. The molecule has 0 aliphatic carbocycles. The van der Waals surface area contributed by atoms with Gasteiger partial charge >= 0.3 is 6.03 Å². The van der Waals surface area contributed by atoms with Crippen LogP contribution in [0.2, 0.25) is 0 Å². The molecule has 0 aromatic carbocycles. The van der Waals surface area contributed by atoms with Crippen molar-refractivity contribution < 1.29 is 14.3 Å². The van der Waals surface area contributed by atoms with Crippen molar-refractivity contribution in [3.05, 3.63) is 17.8 Å². The van der Waals surface area contributed by atoms with Gasteiger partial charge in [-0.05, 0) is 32.2 Å². The lowest BCUT2D eigenvalue weighted by Gasteiger charge is -2.20. The van der Waals surface area contributed by atoms with Crippen LogP contribution in [0.25, 0.3) is 10.2 Å². The first-order valence-corrected chi connectivity index (χ1v) is 7.16. The van der Waals surface area contributed by atoms with Crippen LogP contribution in [0.4, 0.5) is 4.79 Å². The first kappa shape index (κ1) is 15.2. The van der Waals surface area contributed by atoms with E-state index in [4.69, 9.17) is 4.74 Å². The van der Waals surface area contributed by atoms with E-state index in [2.05, 4.69) is 20.6 Å². The summed E-state index contributed by atoms with van der Waals surface area (Å²) in [5.41, 5.74) is -0.416. The Bertz CT molecular complexity index is 663. The van der Waals surface area contributed by atoms with Crippen molar-refractivity contribution in [2.45, 2.75) is 26.3 Å². The number of imide groups is 1. The van der Waals surface area contributed by atoms with Crippen LogP contribution in [-0.2, 0) is 4.79 Å². The summed E-state index contributed by atoms with van der Waals surface area (Å²) in [6, 6.07) is 1.26. The molecular weight excluding hydrogens is 292 g/mol. The van der Waals surface area contributed by atoms with Crippen LogP contribution in [0.15, 0.2) is 17.8 Å². The fourth-order valence-electron chi connectivity index (χ4n) is 1.55. The Morgan fingerprint density at radius 2 is 2.10 bits per heavy atom. The van der Waals surface area contributed by atoms with E-state index in [-0.39, 0.29) is 6.61 Å². The summed E-state index contributed by atoms with van der Waals surface area (Å²) >= 11 is 1.46. The van der Waals surface area contributed by atoms with Gasteiger partial charge < -0.3 is 10.1 Å². The zero-order valence-electron chi connectivity index (χ0n) is 12.0. The molecule has 0 aliphatic heterocycles. The molecule has 2 aromatic rings. The van der Waals surface area contributed by atoms with Crippen molar-refractivity contribution in [1.82, 2.24) is 20.6 Å². The fraction of sp³-hybridized carbons (Fsp3) is 0.385. The monoisotopic (exact) mass is 308 g/mol. The molecule has 0 saturated carbocycles. The first-order valence-electron chi connectivity index (χ1n) is 6.28. The van der Waals surface area contributed by atoms with Gasteiger partial charge in [0.05, 0.1) is 5.39 Å². The van der Waals surface area contributed by atoms with Crippen molar-refractivity contribution in [3.63, 3.8) is 0 Å². The van der Waals surface area contributed by atoms with Gasteiger partial charge in [0.15, 0.2) is 6.61 Å². The van der Waals surface area contributed by atoms with Crippen LogP contribution in [0.3, 0.4) is 0 Å². The van der Waals surface area contributed by atoms with Crippen LogP contribution in [-0.4, -0.2) is 34.1 Å². The second kappa shape index (κ2) is 6.04. The Kier molecular flexibility index (Phi) is 4.37. The molecular formula is C13H16N4O3S. The zero-order chi connectivity index (χ0) is 15.5. The number of urea groups is 1. The smallest absolute Gasteiger partial charge is 0.321 e. The molecule has 0 spiro atoms. The van der Waals surface area contributed by atoms with Crippen LogP contribution in [0.1, 0.15) is 20.8 Å². The first-order chi connectivity index (χ1) is 9.85. The third-order valence-corrected chi connectivity index (χ3v) is 3.13. The van der Waals surface area contributed by atoms with Gasteiger partial charge in [-0.25, -0.2) is 14.8 Å². The molecule has 0 atom stereocenters. The maximum atomic E-state index is 11.6. The highest BCUT2D eigenvalue weighted by Gasteiger charge is 2.16. The summed E-state index contributed by atoms with van der Waals surface area (Å²) in [5.74, 6) is -0.216. The molecule has 0 radical (unpaired) electrons. The molecule has 0 bridgehead atoms. The highest BCUT2D eigenvalue weighted by molar-refractivity contribution is 7.16. The quantitative estimate of drug-likeness (QED) is 0.900. The SMILES string of the molecule is CC(C)(C)NC(=O)NC(=O)COc1ncnc2sccc12. The molecule has 112 valence electrons. The zero-order valence-corrected chi connectivity index (χ0v) is 12.8. The third-order valence-electron chi connectivity index (χ3n) is 2.31. The van der Waals surface area contributed by atoms with E-state index in [9.17, 15) is 9.59 Å². The van der Waals surface area contributed by atoms with Gasteiger partial charge in [-0.3, -0.25) is 10.1 Å². The molecule has 8 heteroatoms. The van der Waals surface area contributed by atoms with E-state index in [0.717, 1.165) is 10.2 Å². The van der Waals surface area contributed by atoms with E-state index in [1.807, 2.05) is 32.2 Å². The van der Waals surface area contributed by atoms with Crippen molar-refractivity contribution in [2.75, 3.05) is 6.61 Å². The largest absolute Gasteiger partial charge is 0.467 e. The molecule has 2 aromatic heterocycles. The Morgan fingerprint density at radius 1 is 1.33 bits per heavy atom. The molecule has 2 rings (SSSR count). The lowest BCUT2D eigenvalue weighted by molar-refractivity contribution is -0.122. The van der Waals surface area contributed by atoms with Crippen molar-refractivity contribution in [3.8, 4) is 5.88 Å². The average molecular weight is 308 g/mol. The molecule has 7 nitrogen and oxygen atoms in total. The molecule has 0 unspecified atom stereocenters. The second-order valence-corrected chi connectivity index (χ2v) is 6.25. The fourth-order valence-corrected chi connectivity index (χ4v) is 2.27. The number of rotatable bonds is 3. The average Bonchev–Trinajstić information content (AvgIpc) is 2.82. The normalized spacial score (nSPS) is 11.2. The van der Waals surface area contributed by atoms with E-state index >= 15 is 0 Å². The molecule has 2 N–H and O–H groups in total. The number of fused-ring (bicyclic) bond motifs is 1. The Morgan fingerprint density at radius 3 is 2.81 bits per heavy atom. The number of aromatic nitrogens is 2. The van der Waals surface area contributed by atoms with Crippen LogP contribution in [0.5, 0.6) is 5.88 Å². The predicted molar refractivity (Wildman–Crippen MR) is 79.3 cm³/mol. The van der Waals surface area contributed by atoms with Crippen LogP contribution < -0.4 is 15.4 Å². The minimum atomic E-state index is -0.556. The van der Waals surface area contributed by atoms with Gasteiger partial charge in [0.25, 0.3) is 5.91 Å². The summed E-state index contributed by atoms with van der Waals surface area (Å²) in [5, 5.41) is 7.43. The van der Waals surface area contributed by atoms with Crippen LogP contribution >= 0.6 is 11.3 Å². The third kappa shape index (κ3) is 4.38. The number of carbonyl (C=O) groups is 2. The van der Waals surface area contributed by atoms with E-state index in [0.29, 0.717) is 5.88 Å². The summed E-state index contributed by atoms with van der Waals surface area (Å²) < 4.78 is 5.33. The molecule has 2 heterocycles. The van der Waals surface area contributed by atoms with E-state index in [1.54, 1.807) is 0 Å². The molecule has 0 fully saturated rings. The summed E-state index contributed by atoms with van der Waals surface area (Å²) in [6.45, 7) is 5.17. The van der Waals surface area contributed by atoms with Gasteiger partial charge in [0.1, 0.15) is 11.2 Å². The number of hydrogen-bond acceptors (Lipinski definition) is 6. The second-order valence-electron chi connectivity index (χ2n) is 5.36. The maximum absolute atomic E-state index is 11.6. The van der Waals surface area contributed by atoms with E-state index in [1.165, 1.54) is 17.7 Å². The number of thiophene rings is 1.